The van der Waals surface area contributed by atoms with E-state index in [-0.39, 0.29) is 5.91 Å². The molecule has 3 rings (SSSR count). The van der Waals surface area contributed by atoms with E-state index < -0.39 is 0 Å². The minimum atomic E-state index is 0.0973. The number of thiazole rings is 1. The van der Waals surface area contributed by atoms with Gasteiger partial charge in [-0.25, -0.2) is 4.98 Å². The van der Waals surface area contributed by atoms with Crippen molar-refractivity contribution in [2.24, 2.45) is 0 Å². The molecule has 0 unspecified atom stereocenters. The summed E-state index contributed by atoms with van der Waals surface area (Å²) in [6.45, 7) is 1.63. The van der Waals surface area contributed by atoms with Gasteiger partial charge in [-0.2, -0.15) is 0 Å². The van der Waals surface area contributed by atoms with Crippen molar-refractivity contribution in [1.82, 2.24) is 9.88 Å². The molecule has 21 heavy (non-hydrogen) atoms. The maximum absolute atomic E-state index is 12.3. The van der Waals surface area contributed by atoms with Crippen molar-refractivity contribution in [3.63, 3.8) is 0 Å². The molecule has 108 valence electrons. The quantitative estimate of drug-likeness (QED) is 0.812. The molecule has 1 aromatic carbocycles. The van der Waals surface area contributed by atoms with Crippen LogP contribution in [0.3, 0.4) is 0 Å². The van der Waals surface area contributed by atoms with E-state index in [4.69, 9.17) is 0 Å². The van der Waals surface area contributed by atoms with Crippen LogP contribution in [0, 0.1) is 0 Å². The van der Waals surface area contributed by atoms with Gasteiger partial charge < -0.3 is 4.90 Å². The Morgan fingerprint density at radius 1 is 1.33 bits per heavy atom. The predicted octanol–water partition coefficient (Wildman–Crippen LogP) is 3.56. The molecule has 3 nitrogen and oxygen atoms in total. The molecule has 1 fully saturated rings. The van der Waals surface area contributed by atoms with Gasteiger partial charge >= 0.3 is 0 Å². The van der Waals surface area contributed by atoms with Gasteiger partial charge in [0.25, 0.3) is 0 Å². The standard InChI is InChI=1S/C17H18N2OS/c20-16(9-8-14-5-2-1-3-6-14)19-11-4-7-15(13-19)17-18-10-12-21-17/h1-3,5-6,8-10,12,15H,4,7,11,13H2/b9-8+/t15-/m0/s1. The molecule has 0 radical (unpaired) electrons. The highest BCUT2D eigenvalue weighted by Gasteiger charge is 2.24. The summed E-state index contributed by atoms with van der Waals surface area (Å²) in [5.41, 5.74) is 1.05. The van der Waals surface area contributed by atoms with Crippen molar-refractivity contribution in [2.45, 2.75) is 18.8 Å². The van der Waals surface area contributed by atoms with E-state index in [2.05, 4.69) is 4.98 Å². The van der Waals surface area contributed by atoms with Gasteiger partial charge in [0.05, 0.1) is 5.01 Å². The molecule has 1 aromatic heterocycles. The smallest absolute Gasteiger partial charge is 0.246 e. The van der Waals surface area contributed by atoms with Crippen LogP contribution in [0.15, 0.2) is 48.0 Å². The highest BCUT2D eigenvalue weighted by molar-refractivity contribution is 7.09. The van der Waals surface area contributed by atoms with E-state index in [1.54, 1.807) is 17.4 Å². The maximum Gasteiger partial charge on any atom is 0.246 e. The van der Waals surface area contributed by atoms with Crippen LogP contribution in [0.1, 0.15) is 29.3 Å². The number of amides is 1. The Morgan fingerprint density at radius 2 is 2.19 bits per heavy atom. The zero-order valence-corrected chi connectivity index (χ0v) is 12.6. The molecule has 1 aliphatic heterocycles. The summed E-state index contributed by atoms with van der Waals surface area (Å²) in [5.74, 6) is 0.493. The first-order chi connectivity index (χ1) is 10.3. The summed E-state index contributed by atoms with van der Waals surface area (Å²) < 4.78 is 0. The molecule has 1 saturated heterocycles. The molecule has 1 atom stereocenters. The molecule has 1 amide bonds. The molecule has 1 aliphatic rings. The van der Waals surface area contributed by atoms with Crippen LogP contribution < -0.4 is 0 Å². The first kappa shape index (κ1) is 14.0. The summed E-state index contributed by atoms with van der Waals surface area (Å²) in [6, 6.07) is 9.92. The van der Waals surface area contributed by atoms with Gasteiger partial charge in [0.1, 0.15) is 0 Å². The molecular weight excluding hydrogens is 280 g/mol. The van der Waals surface area contributed by atoms with Crippen molar-refractivity contribution in [3.8, 4) is 0 Å². The van der Waals surface area contributed by atoms with Gasteiger partial charge in [-0.15, -0.1) is 11.3 Å². The first-order valence-corrected chi connectivity index (χ1v) is 8.12. The van der Waals surface area contributed by atoms with E-state index in [0.29, 0.717) is 5.92 Å². The van der Waals surface area contributed by atoms with E-state index in [1.165, 1.54) is 0 Å². The number of nitrogens with zero attached hydrogens (tertiary/aromatic N) is 2. The first-order valence-electron chi connectivity index (χ1n) is 7.24. The number of benzene rings is 1. The number of hydrogen-bond donors (Lipinski definition) is 0. The van der Waals surface area contributed by atoms with Gasteiger partial charge in [0.15, 0.2) is 0 Å². The van der Waals surface area contributed by atoms with Crippen molar-refractivity contribution < 1.29 is 4.79 Å². The van der Waals surface area contributed by atoms with Gasteiger partial charge in [-0.05, 0) is 24.5 Å². The lowest BCUT2D eigenvalue weighted by Crippen LogP contribution is -2.38. The predicted molar refractivity (Wildman–Crippen MR) is 86.1 cm³/mol. The number of rotatable bonds is 3. The molecule has 4 heteroatoms. The number of hydrogen-bond acceptors (Lipinski definition) is 3. The third-order valence-electron chi connectivity index (χ3n) is 3.75. The second-order valence-corrected chi connectivity index (χ2v) is 6.16. The Balaban J connectivity index is 1.63. The van der Waals surface area contributed by atoms with E-state index >= 15 is 0 Å². The second kappa shape index (κ2) is 6.68. The SMILES string of the molecule is O=C(/C=C/c1ccccc1)N1CCC[C@H](c2nccs2)C1. The topological polar surface area (TPSA) is 33.2 Å². The second-order valence-electron chi connectivity index (χ2n) is 5.24. The Bertz CT molecular complexity index is 607. The summed E-state index contributed by atoms with van der Waals surface area (Å²) in [5, 5.41) is 3.16. The fourth-order valence-electron chi connectivity index (χ4n) is 2.65. The lowest BCUT2D eigenvalue weighted by Gasteiger charge is -2.31. The van der Waals surface area contributed by atoms with Crippen molar-refractivity contribution in [3.05, 3.63) is 58.6 Å². The Hall–Kier alpha value is -1.94. The highest BCUT2D eigenvalue weighted by atomic mass is 32.1. The molecular formula is C17H18N2OS. The molecule has 0 N–H and O–H groups in total. The lowest BCUT2D eigenvalue weighted by atomic mass is 9.98. The average Bonchev–Trinajstić information content (AvgIpc) is 3.08. The van der Waals surface area contributed by atoms with Crippen LogP contribution >= 0.6 is 11.3 Å². The number of carbonyl (C=O) groups is 1. The zero-order chi connectivity index (χ0) is 14.5. The van der Waals surface area contributed by atoms with Gasteiger partial charge in [-0.1, -0.05) is 30.3 Å². The van der Waals surface area contributed by atoms with Gasteiger partial charge in [-0.3, -0.25) is 4.79 Å². The number of carbonyl (C=O) groups excluding carboxylic acids is 1. The minimum absolute atomic E-state index is 0.0973. The van der Waals surface area contributed by atoms with Crippen molar-refractivity contribution in [1.29, 1.82) is 0 Å². The third kappa shape index (κ3) is 3.58. The molecule has 0 aliphatic carbocycles. The van der Waals surface area contributed by atoms with E-state index in [9.17, 15) is 4.79 Å². The van der Waals surface area contributed by atoms with Crippen LogP contribution in [-0.4, -0.2) is 28.9 Å². The summed E-state index contributed by atoms with van der Waals surface area (Å²) in [4.78, 5) is 18.6. The molecule has 0 bridgehead atoms. The minimum Gasteiger partial charge on any atom is -0.338 e. The van der Waals surface area contributed by atoms with Crippen LogP contribution in [0.25, 0.3) is 6.08 Å². The number of aromatic nitrogens is 1. The molecule has 0 saturated carbocycles. The zero-order valence-electron chi connectivity index (χ0n) is 11.8. The van der Waals surface area contributed by atoms with Crippen LogP contribution in [0.5, 0.6) is 0 Å². The fraction of sp³-hybridized carbons (Fsp3) is 0.294. The third-order valence-corrected chi connectivity index (χ3v) is 4.69. The Kier molecular flexibility index (Phi) is 4.46. The summed E-state index contributed by atoms with van der Waals surface area (Å²) >= 11 is 1.69. The number of likely N-dealkylation sites (tertiary alicyclic amines) is 1. The van der Waals surface area contributed by atoms with Crippen molar-refractivity contribution in [2.75, 3.05) is 13.1 Å². The highest BCUT2D eigenvalue weighted by Crippen LogP contribution is 2.28. The molecule has 0 spiro atoms. The van der Waals surface area contributed by atoms with Crippen LogP contribution in [0.4, 0.5) is 0 Å². The van der Waals surface area contributed by atoms with Crippen molar-refractivity contribution >= 4 is 23.3 Å². The number of piperidine rings is 1. The summed E-state index contributed by atoms with van der Waals surface area (Å²) in [7, 11) is 0. The Morgan fingerprint density at radius 3 is 2.95 bits per heavy atom. The Labute approximate surface area is 128 Å². The van der Waals surface area contributed by atoms with E-state index in [0.717, 1.165) is 36.5 Å². The average molecular weight is 298 g/mol. The largest absolute Gasteiger partial charge is 0.338 e. The van der Waals surface area contributed by atoms with Crippen LogP contribution in [0.2, 0.25) is 0 Å². The van der Waals surface area contributed by atoms with Gasteiger partial charge in [0, 0.05) is 36.7 Å². The lowest BCUT2D eigenvalue weighted by molar-refractivity contribution is -0.127. The normalized spacial score (nSPS) is 19.0. The van der Waals surface area contributed by atoms with E-state index in [1.807, 2.05) is 52.9 Å². The fourth-order valence-corrected chi connectivity index (χ4v) is 3.42. The summed E-state index contributed by atoms with van der Waals surface area (Å²) in [6.07, 6.45) is 7.58. The monoisotopic (exact) mass is 298 g/mol. The van der Waals surface area contributed by atoms with Crippen LogP contribution in [-0.2, 0) is 4.79 Å². The molecule has 2 aromatic rings. The van der Waals surface area contributed by atoms with Gasteiger partial charge in [0.2, 0.25) is 5.91 Å². The molecule has 2 heterocycles. The maximum atomic E-state index is 12.3.